The van der Waals surface area contributed by atoms with Crippen LogP contribution in [0.2, 0.25) is 0 Å². The van der Waals surface area contributed by atoms with E-state index in [0.717, 1.165) is 37.7 Å². The van der Waals surface area contributed by atoms with Gasteiger partial charge in [0.05, 0.1) is 4.92 Å². The zero-order valence-electron chi connectivity index (χ0n) is 12.4. The van der Waals surface area contributed by atoms with Crippen LogP contribution in [-0.2, 0) is 6.42 Å². The molecule has 0 radical (unpaired) electrons. The van der Waals surface area contributed by atoms with Gasteiger partial charge in [0.15, 0.2) is 0 Å². The molecule has 2 N–H and O–H groups in total. The fraction of sp³-hybridized carbons (Fsp3) is 0.625. The molecule has 0 spiro atoms. The number of benzene rings is 1. The van der Waals surface area contributed by atoms with Crippen molar-refractivity contribution in [2.24, 2.45) is 16.6 Å². The molecule has 110 valence electrons. The van der Waals surface area contributed by atoms with Gasteiger partial charge in [0.25, 0.3) is 5.69 Å². The van der Waals surface area contributed by atoms with E-state index in [-0.39, 0.29) is 16.0 Å². The lowest BCUT2D eigenvalue weighted by Gasteiger charge is -2.43. The molecule has 0 amide bonds. The highest BCUT2D eigenvalue weighted by atomic mass is 16.6. The summed E-state index contributed by atoms with van der Waals surface area (Å²) in [6.07, 6.45) is 5.12. The van der Waals surface area contributed by atoms with Crippen molar-refractivity contribution < 1.29 is 4.92 Å². The van der Waals surface area contributed by atoms with Crippen LogP contribution in [-0.4, -0.2) is 11.5 Å². The largest absolute Gasteiger partial charge is 0.330 e. The molecule has 20 heavy (non-hydrogen) atoms. The van der Waals surface area contributed by atoms with Crippen molar-refractivity contribution in [2.75, 3.05) is 6.54 Å². The lowest BCUT2D eigenvalue weighted by atomic mass is 9.63. The van der Waals surface area contributed by atoms with Gasteiger partial charge < -0.3 is 5.73 Å². The predicted octanol–water partition coefficient (Wildman–Crippen LogP) is 3.68. The minimum Gasteiger partial charge on any atom is -0.330 e. The molecule has 0 aromatic heterocycles. The van der Waals surface area contributed by atoms with Crippen molar-refractivity contribution in [1.82, 2.24) is 0 Å². The van der Waals surface area contributed by atoms with Gasteiger partial charge in [-0.25, -0.2) is 0 Å². The first-order valence-corrected chi connectivity index (χ1v) is 7.30. The van der Waals surface area contributed by atoms with Gasteiger partial charge in [-0.1, -0.05) is 32.0 Å². The molecule has 0 aliphatic heterocycles. The van der Waals surface area contributed by atoms with Crippen LogP contribution in [0.1, 0.15) is 45.1 Å². The number of para-hydroxylation sites is 1. The average molecular weight is 276 g/mol. The van der Waals surface area contributed by atoms with Gasteiger partial charge in [-0.15, -0.1) is 0 Å². The summed E-state index contributed by atoms with van der Waals surface area (Å²) < 4.78 is 0. The summed E-state index contributed by atoms with van der Waals surface area (Å²) in [6, 6.07) is 7.06. The van der Waals surface area contributed by atoms with Crippen LogP contribution < -0.4 is 5.73 Å². The van der Waals surface area contributed by atoms with E-state index in [1.54, 1.807) is 12.1 Å². The van der Waals surface area contributed by atoms with Crippen molar-refractivity contribution in [3.8, 4) is 0 Å². The van der Waals surface area contributed by atoms with Crippen LogP contribution in [0.3, 0.4) is 0 Å². The Balaban J connectivity index is 2.21. The van der Waals surface area contributed by atoms with Gasteiger partial charge in [0, 0.05) is 11.6 Å². The van der Waals surface area contributed by atoms with Crippen molar-refractivity contribution in [3.63, 3.8) is 0 Å². The summed E-state index contributed by atoms with van der Waals surface area (Å²) in [6.45, 7) is 5.19. The lowest BCUT2D eigenvalue weighted by Crippen LogP contribution is -2.39. The average Bonchev–Trinajstić information content (AvgIpc) is 2.42. The molecular weight excluding hydrogens is 252 g/mol. The Labute approximate surface area is 120 Å². The minimum absolute atomic E-state index is 0.0294. The van der Waals surface area contributed by atoms with E-state index < -0.39 is 0 Å². The highest BCUT2D eigenvalue weighted by molar-refractivity contribution is 5.40. The van der Waals surface area contributed by atoms with E-state index in [0.29, 0.717) is 12.0 Å². The second-order valence-corrected chi connectivity index (χ2v) is 6.93. The second kappa shape index (κ2) is 5.52. The van der Waals surface area contributed by atoms with Crippen LogP contribution in [0, 0.1) is 20.9 Å². The first-order chi connectivity index (χ1) is 9.37. The van der Waals surface area contributed by atoms with E-state index in [1.807, 2.05) is 12.1 Å². The Bertz CT molecular complexity index is 487. The standard InChI is InChI=1S/C16H24N2O2/c1-15(2)7-9-16(12-17,10-8-15)11-13-5-3-4-6-14(13)18(19)20/h3-6H,7-12,17H2,1-2H3. The number of nitrogens with zero attached hydrogens (tertiary/aromatic N) is 1. The highest BCUT2D eigenvalue weighted by Gasteiger charge is 2.38. The zero-order valence-corrected chi connectivity index (χ0v) is 12.4. The fourth-order valence-electron chi connectivity index (χ4n) is 3.15. The molecule has 0 bridgehead atoms. The van der Waals surface area contributed by atoms with Crippen LogP contribution >= 0.6 is 0 Å². The molecule has 0 unspecified atom stereocenters. The number of nitrogens with two attached hydrogens (primary N) is 1. The van der Waals surface area contributed by atoms with Gasteiger partial charge >= 0.3 is 0 Å². The topological polar surface area (TPSA) is 69.2 Å². The van der Waals surface area contributed by atoms with E-state index in [9.17, 15) is 10.1 Å². The zero-order chi connectivity index (χ0) is 14.8. The number of hydrogen-bond acceptors (Lipinski definition) is 3. The molecule has 0 heterocycles. The smallest absolute Gasteiger partial charge is 0.272 e. The molecule has 1 aliphatic rings. The Morgan fingerprint density at radius 1 is 1.20 bits per heavy atom. The maximum atomic E-state index is 11.1. The maximum absolute atomic E-state index is 11.1. The summed E-state index contributed by atoms with van der Waals surface area (Å²) >= 11 is 0. The molecule has 0 atom stereocenters. The molecule has 4 nitrogen and oxygen atoms in total. The number of nitro groups is 1. The minimum atomic E-state index is -0.285. The Hall–Kier alpha value is -1.42. The number of hydrogen-bond donors (Lipinski definition) is 1. The molecule has 1 aliphatic carbocycles. The monoisotopic (exact) mass is 276 g/mol. The summed E-state index contributed by atoms with van der Waals surface area (Å²) in [7, 11) is 0. The molecule has 1 fully saturated rings. The lowest BCUT2D eigenvalue weighted by molar-refractivity contribution is -0.385. The molecule has 4 heteroatoms. The molecule has 1 saturated carbocycles. The maximum Gasteiger partial charge on any atom is 0.272 e. The second-order valence-electron chi connectivity index (χ2n) is 6.93. The molecule has 1 aromatic carbocycles. The van der Waals surface area contributed by atoms with Gasteiger partial charge in [-0.2, -0.15) is 0 Å². The Morgan fingerprint density at radius 3 is 2.35 bits per heavy atom. The van der Waals surface area contributed by atoms with Crippen LogP contribution in [0.5, 0.6) is 0 Å². The third-order valence-corrected chi connectivity index (χ3v) is 4.85. The fourth-order valence-corrected chi connectivity index (χ4v) is 3.15. The molecular formula is C16H24N2O2. The Kier molecular flexibility index (Phi) is 4.14. The van der Waals surface area contributed by atoms with E-state index in [4.69, 9.17) is 5.73 Å². The van der Waals surface area contributed by atoms with Crippen molar-refractivity contribution in [3.05, 3.63) is 39.9 Å². The van der Waals surface area contributed by atoms with Gasteiger partial charge in [-0.05, 0) is 49.5 Å². The molecule has 2 rings (SSSR count). The highest BCUT2D eigenvalue weighted by Crippen LogP contribution is 2.46. The molecule has 0 saturated heterocycles. The van der Waals surface area contributed by atoms with Gasteiger partial charge in [-0.3, -0.25) is 10.1 Å². The van der Waals surface area contributed by atoms with Crippen LogP contribution in [0.4, 0.5) is 5.69 Å². The van der Waals surface area contributed by atoms with Gasteiger partial charge in [0.1, 0.15) is 0 Å². The van der Waals surface area contributed by atoms with E-state index >= 15 is 0 Å². The first kappa shape index (κ1) is 15.0. The van der Waals surface area contributed by atoms with Crippen molar-refractivity contribution >= 4 is 5.69 Å². The molecule has 1 aromatic rings. The van der Waals surface area contributed by atoms with Crippen LogP contribution in [0.25, 0.3) is 0 Å². The van der Waals surface area contributed by atoms with Crippen molar-refractivity contribution in [1.29, 1.82) is 0 Å². The summed E-state index contributed by atoms with van der Waals surface area (Å²) in [5.74, 6) is 0. The SMILES string of the molecule is CC1(C)CCC(CN)(Cc2ccccc2[N+](=O)[O-])CC1. The van der Waals surface area contributed by atoms with Crippen molar-refractivity contribution in [2.45, 2.75) is 46.0 Å². The van der Waals surface area contributed by atoms with Crippen LogP contribution in [0.15, 0.2) is 24.3 Å². The van der Waals surface area contributed by atoms with E-state index in [1.165, 1.54) is 0 Å². The number of rotatable bonds is 4. The third kappa shape index (κ3) is 3.18. The summed E-state index contributed by atoms with van der Waals surface area (Å²) in [4.78, 5) is 10.8. The summed E-state index contributed by atoms with van der Waals surface area (Å²) in [5, 5.41) is 11.1. The predicted molar refractivity (Wildman–Crippen MR) is 80.5 cm³/mol. The first-order valence-electron chi connectivity index (χ1n) is 7.30. The number of nitro benzene ring substituents is 1. The Morgan fingerprint density at radius 2 is 1.80 bits per heavy atom. The third-order valence-electron chi connectivity index (χ3n) is 4.85. The normalized spacial score (nSPS) is 20.6. The quantitative estimate of drug-likeness (QED) is 0.673. The summed E-state index contributed by atoms with van der Waals surface area (Å²) in [5.41, 5.74) is 7.49. The van der Waals surface area contributed by atoms with E-state index in [2.05, 4.69) is 13.8 Å². The van der Waals surface area contributed by atoms with Gasteiger partial charge in [0.2, 0.25) is 0 Å².